The predicted molar refractivity (Wildman–Crippen MR) is 128 cm³/mol. The summed E-state index contributed by atoms with van der Waals surface area (Å²) in [5.41, 5.74) is 0.882. The van der Waals surface area contributed by atoms with E-state index in [1.807, 2.05) is 24.3 Å². The van der Waals surface area contributed by atoms with Crippen LogP contribution in [0.2, 0.25) is 0 Å². The highest BCUT2D eigenvalue weighted by atomic mass is 16.6. The smallest absolute Gasteiger partial charge is 0.408 e. The van der Waals surface area contributed by atoms with Crippen LogP contribution in [0, 0.1) is 0 Å². The number of carbonyl (C=O) groups excluding carboxylic acids is 2. The quantitative estimate of drug-likeness (QED) is 0.461. The lowest BCUT2D eigenvalue weighted by Gasteiger charge is -2.22. The van der Waals surface area contributed by atoms with Gasteiger partial charge in [-0.05, 0) is 56.7 Å². The van der Waals surface area contributed by atoms with Gasteiger partial charge in [-0.25, -0.2) is 19.3 Å². The van der Waals surface area contributed by atoms with E-state index in [-0.39, 0.29) is 6.42 Å². The van der Waals surface area contributed by atoms with E-state index in [1.165, 1.54) is 7.11 Å². The standard InChI is InChI=1S/C25H30N4O6/c1-25(2,3)35-24(31)27-21(23(30)33-5)14-18-12-13-29(28-18)22-11-10-20(15-26-22)34-16-17-6-8-19(32-4)9-7-17/h6-13,15,21H,14,16H2,1-5H3,(H,27,31). The highest BCUT2D eigenvalue weighted by molar-refractivity contribution is 5.81. The molecule has 3 rings (SSSR count). The maximum atomic E-state index is 12.2. The average Bonchev–Trinajstić information content (AvgIpc) is 3.30. The Kier molecular flexibility index (Phi) is 8.30. The summed E-state index contributed by atoms with van der Waals surface area (Å²) < 4.78 is 22.6. The van der Waals surface area contributed by atoms with Crippen molar-refractivity contribution in [2.24, 2.45) is 0 Å². The van der Waals surface area contributed by atoms with Gasteiger partial charge in [-0.2, -0.15) is 5.10 Å². The second-order valence-electron chi connectivity index (χ2n) is 8.67. The second kappa shape index (κ2) is 11.4. The summed E-state index contributed by atoms with van der Waals surface area (Å²) in [7, 11) is 2.88. The number of nitrogens with zero attached hydrogens (tertiary/aromatic N) is 3. The minimum absolute atomic E-state index is 0.127. The summed E-state index contributed by atoms with van der Waals surface area (Å²) in [4.78, 5) is 28.7. The number of hydrogen-bond acceptors (Lipinski definition) is 8. The van der Waals surface area contributed by atoms with E-state index in [9.17, 15) is 9.59 Å². The predicted octanol–water partition coefficient (Wildman–Crippen LogP) is 3.46. The monoisotopic (exact) mass is 482 g/mol. The molecule has 35 heavy (non-hydrogen) atoms. The van der Waals surface area contributed by atoms with Gasteiger partial charge in [-0.1, -0.05) is 12.1 Å². The summed E-state index contributed by atoms with van der Waals surface area (Å²) in [6.45, 7) is 5.62. The lowest BCUT2D eigenvalue weighted by molar-refractivity contribution is -0.143. The van der Waals surface area contributed by atoms with Gasteiger partial charge in [-0.15, -0.1) is 0 Å². The first kappa shape index (κ1) is 25.5. The number of alkyl carbamates (subject to hydrolysis) is 1. The van der Waals surface area contributed by atoms with Crippen molar-refractivity contribution in [1.29, 1.82) is 0 Å². The molecule has 0 spiro atoms. The van der Waals surface area contributed by atoms with Gasteiger partial charge in [-0.3, -0.25) is 0 Å². The van der Waals surface area contributed by atoms with Gasteiger partial charge < -0.3 is 24.3 Å². The Bertz CT molecular complexity index is 1120. The van der Waals surface area contributed by atoms with Crippen LogP contribution in [0.1, 0.15) is 32.0 Å². The Balaban J connectivity index is 1.60. The largest absolute Gasteiger partial charge is 0.497 e. The molecule has 10 nitrogen and oxygen atoms in total. The number of esters is 1. The number of hydrogen-bond donors (Lipinski definition) is 1. The number of aromatic nitrogens is 3. The molecule has 0 bridgehead atoms. The lowest BCUT2D eigenvalue weighted by atomic mass is 10.1. The molecular formula is C25H30N4O6. The van der Waals surface area contributed by atoms with E-state index in [1.54, 1.807) is 63.2 Å². The molecule has 1 amide bonds. The summed E-state index contributed by atoms with van der Waals surface area (Å²) in [5.74, 6) is 1.38. The van der Waals surface area contributed by atoms with Crippen molar-refractivity contribution in [2.45, 2.75) is 45.4 Å². The lowest BCUT2D eigenvalue weighted by Crippen LogP contribution is -2.45. The van der Waals surface area contributed by atoms with Crippen LogP contribution in [0.3, 0.4) is 0 Å². The van der Waals surface area contributed by atoms with Gasteiger partial charge in [0, 0.05) is 12.6 Å². The third kappa shape index (κ3) is 7.73. The highest BCUT2D eigenvalue weighted by Gasteiger charge is 2.26. The molecule has 0 aliphatic rings. The Morgan fingerprint density at radius 1 is 1.03 bits per heavy atom. The topological polar surface area (TPSA) is 114 Å². The van der Waals surface area contributed by atoms with Gasteiger partial charge >= 0.3 is 12.1 Å². The molecule has 1 atom stereocenters. The molecule has 186 valence electrons. The van der Waals surface area contributed by atoms with Crippen molar-refractivity contribution in [3.05, 3.63) is 66.1 Å². The third-order valence-corrected chi connectivity index (χ3v) is 4.75. The number of methoxy groups -OCH3 is 2. The number of benzene rings is 1. The third-order valence-electron chi connectivity index (χ3n) is 4.75. The van der Waals surface area contributed by atoms with Gasteiger partial charge in [0.2, 0.25) is 0 Å². The molecule has 0 saturated carbocycles. The number of pyridine rings is 1. The Morgan fingerprint density at radius 3 is 2.34 bits per heavy atom. The number of amides is 1. The van der Waals surface area contributed by atoms with Crippen LogP contribution >= 0.6 is 0 Å². The zero-order valence-electron chi connectivity index (χ0n) is 20.5. The Hall–Kier alpha value is -4.08. The van der Waals surface area contributed by atoms with Crippen LogP contribution in [0.5, 0.6) is 11.5 Å². The van der Waals surface area contributed by atoms with E-state index >= 15 is 0 Å². The number of carbonyl (C=O) groups is 2. The zero-order chi connectivity index (χ0) is 25.4. The van der Waals surface area contributed by atoms with E-state index in [2.05, 4.69) is 15.4 Å². The maximum Gasteiger partial charge on any atom is 0.408 e. The fourth-order valence-electron chi connectivity index (χ4n) is 3.07. The van der Waals surface area contributed by atoms with Crippen molar-refractivity contribution >= 4 is 12.1 Å². The van der Waals surface area contributed by atoms with Crippen molar-refractivity contribution in [1.82, 2.24) is 20.1 Å². The van der Waals surface area contributed by atoms with Gasteiger partial charge in [0.15, 0.2) is 5.82 Å². The fourth-order valence-corrected chi connectivity index (χ4v) is 3.07. The highest BCUT2D eigenvalue weighted by Crippen LogP contribution is 2.16. The molecule has 0 aliphatic carbocycles. The molecule has 0 aliphatic heterocycles. The molecule has 1 unspecified atom stereocenters. The van der Waals surface area contributed by atoms with E-state index in [4.69, 9.17) is 18.9 Å². The van der Waals surface area contributed by atoms with Crippen LogP contribution in [-0.4, -0.2) is 52.7 Å². The summed E-state index contributed by atoms with van der Waals surface area (Å²) in [6, 6.07) is 12.0. The number of rotatable bonds is 9. The minimum Gasteiger partial charge on any atom is -0.497 e. The molecule has 0 radical (unpaired) electrons. The second-order valence-corrected chi connectivity index (χ2v) is 8.67. The Labute approximate surface area is 204 Å². The number of nitrogens with one attached hydrogen (secondary N) is 1. The molecular weight excluding hydrogens is 452 g/mol. The minimum atomic E-state index is -0.945. The number of ether oxygens (including phenoxy) is 4. The van der Waals surface area contributed by atoms with E-state index in [0.29, 0.717) is 23.9 Å². The van der Waals surface area contributed by atoms with Crippen LogP contribution in [0.4, 0.5) is 4.79 Å². The maximum absolute atomic E-state index is 12.2. The van der Waals surface area contributed by atoms with Crippen molar-refractivity contribution in [3.8, 4) is 17.3 Å². The summed E-state index contributed by atoms with van der Waals surface area (Å²) >= 11 is 0. The molecule has 1 aromatic carbocycles. The normalized spacial score (nSPS) is 11.9. The molecule has 2 heterocycles. The van der Waals surface area contributed by atoms with Crippen molar-refractivity contribution < 1.29 is 28.5 Å². The molecule has 3 aromatic rings. The first-order valence-electron chi connectivity index (χ1n) is 11.0. The molecule has 0 fully saturated rings. The van der Waals surface area contributed by atoms with E-state index < -0.39 is 23.7 Å². The first-order chi connectivity index (χ1) is 16.7. The Morgan fingerprint density at radius 2 is 1.74 bits per heavy atom. The van der Waals surface area contributed by atoms with Crippen molar-refractivity contribution in [3.63, 3.8) is 0 Å². The summed E-state index contributed by atoms with van der Waals surface area (Å²) in [6.07, 6.45) is 2.75. The van der Waals surface area contributed by atoms with Crippen molar-refractivity contribution in [2.75, 3.05) is 14.2 Å². The van der Waals surface area contributed by atoms with Gasteiger partial charge in [0.25, 0.3) is 0 Å². The molecule has 0 saturated heterocycles. The van der Waals surface area contributed by atoms with Crippen LogP contribution in [0.15, 0.2) is 54.9 Å². The van der Waals surface area contributed by atoms with Crippen LogP contribution in [0.25, 0.3) is 5.82 Å². The summed E-state index contributed by atoms with van der Waals surface area (Å²) in [5, 5.41) is 7.00. The molecule has 1 N–H and O–H groups in total. The van der Waals surface area contributed by atoms with Gasteiger partial charge in [0.05, 0.1) is 26.1 Å². The van der Waals surface area contributed by atoms with Crippen LogP contribution in [-0.2, 0) is 27.3 Å². The van der Waals surface area contributed by atoms with Crippen LogP contribution < -0.4 is 14.8 Å². The first-order valence-corrected chi connectivity index (χ1v) is 11.0. The van der Waals surface area contributed by atoms with Gasteiger partial charge in [0.1, 0.15) is 29.7 Å². The zero-order valence-corrected chi connectivity index (χ0v) is 20.5. The molecule has 10 heteroatoms. The molecule has 2 aromatic heterocycles. The van der Waals surface area contributed by atoms with E-state index in [0.717, 1.165) is 11.3 Å². The SMILES string of the molecule is COC(=O)C(Cc1ccn(-c2ccc(OCc3ccc(OC)cc3)cn2)n1)NC(=O)OC(C)(C)C. The average molecular weight is 483 g/mol. The fraction of sp³-hybridized carbons (Fsp3) is 0.360.